The van der Waals surface area contributed by atoms with Crippen molar-refractivity contribution < 1.29 is 4.74 Å². The molecule has 0 fully saturated rings. The highest BCUT2D eigenvalue weighted by molar-refractivity contribution is 9.08. The first-order chi connectivity index (χ1) is 8.69. The number of ether oxygens (including phenoxy) is 1. The minimum absolute atomic E-state index is 0.626. The van der Waals surface area contributed by atoms with Gasteiger partial charge in [-0.25, -0.2) is 0 Å². The van der Waals surface area contributed by atoms with Crippen LogP contribution in [0.25, 0.3) is 0 Å². The first-order valence-corrected chi connectivity index (χ1v) is 7.15. The number of halogens is 1. The van der Waals surface area contributed by atoms with Gasteiger partial charge < -0.3 is 4.74 Å². The Kier molecular flexibility index (Phi) is 4.43. The van der Waals surface area contributed by atoms with Crippen LogP contribution in [0, 0.1) is 13.8 Å². The standard InChI is InChI=1S/C16H17BrO/c1-12-3-4-13(2)15(9-12)11-18-16-7-5-14(10-17)6-8-16/h3-9H,10-11H2,1-2H3. The first kappa shape index (κ1) is 13.2. The van der Waals surface area contributed by atoms with Gasteiger partial charge in [0, 0.05) is 5.33 Å². The molecule has 0 aliphatic rings. The third kappa shape index (κ3) is 3.36. The van der Waals surface area contributed by atoms with Crippen LogP contribution in [0.3, 0.4) is 0 Å². The summed E-state index contributed by atoms with van der Waals surface area (Å²) in [7, 11) is 0. The van der Waals surface area contributed by atoms with E-state index in [4.69, 9.17) is 4.74 Å². The monoisotopic (exact) mass is 304 g/mol. The molecular formula is C16H17BrO. The van der Waals surface area contributed by atoms with Gasteiger partial charge in [-0.2, -0.15) is 0 Å². The van der Waals surface area contributed by atoms with Crippen molar-refractivity contribution in [1.82, 2.24) is 0 Å². The molecule has 0 N–H and O–H groups in total. The molecule has 2 aromatic carbocycles. The van der Waals surface area contributed by atoms with Crippen molar-refractivity contribution in [3.8, 4) is 5.75 Å². The molecule has 2 rings (SSSR count). The van der Waals surface area contributed by atoms with E-state index in [1.54, 1.807) is 0 Å². The molecule has 0 saturated heterocycles. The SMILES string of the molecule is Cc1ccc(C)c(COc2ccc(CBr)cc2)c1. The van der Waals surface area contributed by atoms with Crippen LogP contribution in [0.15, 0.2) is 42.5 Å². The van der Waals surface area contributed by atoms with E-state index in [9.17, 15) is 0 Å². The lowest BCUT2D eigenvalue weighted by Crippen LogP contribution is -1.98. The summed E-state index contributed by atoms with van der Waals surface area (Å²) in [5.74, 6) is 0.917. The first-order valence-electron chi connectivity index (χ1n) is 6.03. The number of alkyl halides is 1. The topological polar surface area (TPSA) is 9.23 Å². The van der Waals surface area contributed by atoms with Gasteiger partial charge in [-0.05, 0) is 42.7 Å². The third-order valence-electron chi connectivity index (χ3n) is 2.98. The predicted molar refractivity (Wildman–Crippen MR) is 79.3 cm³/mol. The van der Waals surface area contributed by atoms with Crippen LogP contribution in [0.1, 0.15) is 22.3 Å². The quantitative estimate of drug-likeness (QED) is 0.739. The summed E-state index contributed by atoms with van der Waals surface area (Å²) < 4.78 is 5.81. The van der Waals surface area contributed by atoms with Crippen molar-refractivity contribution in [3.05, 3.63) is 64.7 Å². The fourth-order valence-corrected chi connectivity index (χ4v) is 2.17. The molecule has 0 aromatic heterocycles. The predicted octanol–water partition coefficient (Wildman–Crippen LogP) is 4.78. The average Bonchev–Trinajstić information content (AvgIpc) is 2.40. The van der Waals surface area contributed by atoms with Gasteiger partial charge in [-0.15, -0.1) is 0 Å². The van der Waals surface area contributed by atoms with Gasteiger partial charge in [0.25, 0.3) is 0 Å². The van der Waals surface area contributed by atoms with E-state index in [1.165, 1.54) is 22.3 Å². The number of hydrogen-bond donors (Lipinski definition) is 0. The van der Waals surface area contributed by atoms with Crippen LogP contribution < -0.4 is 4.74 Å². The van der Waals surface area contributed by atoms with Crippen LogP contribution in [0.2, 0.25) is 0 Å². The highest BCUT2D eigenvalue weighted by Crippen LogP contribution is 2.17. The molecule has 0 spiro atoms. The van der Waals surface area contributed by atoms with Crippen LogP contribution in [-0.2, 0) is 11.9 Å². The second-order valence-corrected chi connectivity index (χ2v) is 5.06. The Morgan fingerprint density at radius 1 is 1.00 bits per heavy atom. The second-order valence-electron chi connectivity index (χ2n) is 4.50. The summed E-state index contributed by atoms with van der Waals surface area (Å²) in [6.07, 6.45) is 0. The molecule has 1 nitrogen and oxygen atoms in total. The zero-order valence-electron chi connectivity index (χ0n) is 10.7. The highest BCUT2D eigenvalue weighted by atomic mass is 79.9. The fraction of sp³-hybridized carbons (Fsp3) is 0.250. The molecule has 0 aliphatic heterocycles. The van der Waals surface area contributed by atoms with Gasteiger partial charge in [-0.3, -0.25) is 0 Å². The molecule has 0 atom stereocenters. The van der Waals surface area contributed by atoms with E-state index in [1.807, 2.05) is 12.1 Å². The molecule has 0 heterocycles. The van der Waals surface area contributed by atoms with Gasteiger partial charge in [0.05, 0.1) is 0 Å². The Morgan fingerprint density at radius 2 is 1.72 bits per heavy atom. The Hall–Kier alpha value is -1.28. The maximum absolute atomic E-state index is 5.81. The van der Waals surface area contributed by atoms with Crippen LogP contribution in [-0.4, -0.2) is 0 Å². The maximum Gasteiger partial charge on any atom is 0.119 e. The van der Waals surface area contributed by atoms with Gasteiger partial charge in [0.1, 0.15) is 12.4 Å². The minimum atomic E-state index is 0.626. The van der Waals surface area contributed by atoms with E-state index < -0.39 is 0 Å². The van der Waals surface area contributed by atoms with Gasteiger partial charge >= 0.3 is 0 Å². The molecule has 0 saturated carbocycles. The molecule has 0 amide bonds. The smallest absolute Gasteiger partial charge is 0.119 e. The van der Waals surface area contributed by atoms with Crippen LogP contribution >= 0.6 is 15.9 Å². The number of rotatable bonds is 4. The van der Waals surface area contributed by atoms with E-state index in [2.05, 4.69) is 60.1 Å². The van der Waals surface area contributed by atoms with Gasteiger partial charge in [0.2, 0.25) is 0 Å². The van der Waals surface area contributed by atoms with Crippen molar-refractivity contribution in [3.63, 3.8) is 0 Å². The number of benzene rings is 2. The molecule has 94 valence electrons. The maximum atomic E-state index is 5.81. The lowest BCUT2D eigenvalue weighted by Gasteiger charge is -2.10. The Balaban J connectivity index is 2.04. The largest absolute Gasteiger partial charge is 0.489 e. The van der Waals surface area contributed by atoms with Crippen LogP contribution in [0.5, 0.6) is 5.75 Å². The zero-order valence-corrected chi connectivity index (χ0v) is 12.3. The molecule has 0 radical (unpaired) electrons. The third-order valence-corrected chi connectivity index (χ3v) is 3.62. The average molecular weight is 305 g/mol. The van der Waals surface area contributed by atoms with Crippen LogP contribution in [0.4, 0.5) is 0 Å². The molecule has 18 heavy (non-hydrogen) atoms. The van der Waals surface area contributed by atoms with Gasteiger partial charge in [-0.1, -0.05) is 51.8 Å². The lowest BCUT2D eigenvalue weighted by molar-refractivity contribution is 0.305. The lowest BCUT2D eigenvalue weighted by atomic mass is 10.1. The minimum Gasteiger partial charge on any atom is -0.489 e. The summed E-state index contributed by atoms with van der Waals surface area (Å²) in [6.45, 7) is 4.85. The van der Waals surface area contributed by atoms with Crippen molar-refractivity contribution in [2.24, 2.45) is 0 Å². The summed E-state index contributed by atoms with van der Waals surface area (Å²) in [6, 6.07) is 14.6. The molecule has 0 unspecified atom stereocenters. The Labute approximate surface area is 117 Å². The summed E-state index contributed by atoms with van der Waals surface area (Å²) >= 11 is 3.43. The summed E-state index contributed by atoms with van der Waals surface area (Å²) in [5.41, 5.74) is 5.06. The van der Waals surface area contributed by atoms with E-state index in [0.717, 1.165) is 11.1 Å². The van der Waals surface area contributed by atoms with Crippen molar-refractivity contribution >= 4 is 15.9 Å². The van der Waals surface area contributed by atoms with E-state index in [0.29, 0.717) is 6.61 Å². The highest BCUT2D eigenvalue weighted by Gasteiger charge is 2.00. The van der Waals surface area contributed by atoms with E-state index in [-0.39, 0.29) is 0 Å². The van der Waals surface area contributed by atoms with E-state index >= 15 is 0 Å². The van der Waals surface area contributed by atoms with Crippen molar-refractivity contribution in [2.75, 3.05) is 0 Å². The van der Waals surface area contributed by atoms with Crippen molar-refractivity contribution in [1.29, 1.82) is 0 Å². The Bertz CT molecular complexity index is 517. The molecule has 0 aliphatic carbocycles. The number of aryl methyl sites for hydroxylation is 2. The Morgan fingerprint density at radius 3 is 2.39 bits per heavy atom. The van der Waals surface area contributed by atoms with Gasteiger partial charge in [0.15, 0.2) is 0 Å². The summed E-state index contributed by atoms with van der Waals surface area (Å²) in [4.78, 5) is 0. The summed E-state index contributed by atoms with van der Waals surface area (Å²) in [5, 5.41) is 0.879. The zero-order chi connectivity index (χ0) is 13.0. The number of hydrogen-bond acceptors (Lipinski definition) is 1. The molecular weight excluding hydrogens is 288 g/mol. The molecule has 2 aromatic rings. The normalized spacial score (nSPS) is 10.4. The van der Waals surface area contributed by atoms with Crippen molar-refractivity contribution in [2.45, 2.75) is 25.8 Å². The second kappa shape index (κ2) is 6.05. The molecule has 0 bridgehead atoms. The molecule has 2 heteroatoms. The fourth-order valence-electron chi connectivity index (χ4n) is 1.79.